The second-order valence-corrected chi connectivity index (χ2v) is 5.09. The van der Waals surface area contributed by atoms with Crippen LogP contribution in [0.2, 0.25) is 0 Å². The van der Waals surface area contributed by atoms with Gasteiger partial charge in [-0.1, -0.05) is 33.6 Å². The predicted octanol–water partition coefficient (Wildman–Crippen LogP) is 2.01. The zero-order chi connectivity index (χ0) is 12.1. The van der Waals surface area contributed by atoms with Crippen LogP contribution in [0.25, 0.3) is 0 Å². The molecule has 0 saturated carbocycles. The van der Waals surface area contributed by atoms with E-state index in [2.05, 4.69) is 20.8 Å². The summed E-state index contributed by atoms with van der Waals surface area (Å²) < 4.78 is 0. The van der Waals surface area contributed by atoms with Crippen molar-refractivity contribution < 1.29 is 4.79 Å². The van der Waals surface area contributed by atoms with Crippen LogP contribution < -0.4 is 5.73 Å². The molecule has 0 bridgehead atoms. The molecule has 0 aliphatic carbocycles. The maximum atomic E-state index is 12.1. The number of likely N-dealkylation sites (tertiary alicyclic amines) is 1. The Kier molecular flexibility index (Phi) is 5.26. The van der Waals surface area contributed by atoms with E-state index in [0.717, 1.165) is 38.3 Å². The Morgan fingerprint density at radius 1 is 1.38 bits per heavy atom. The van der Waals surface area contributed by atoms with Crippen LogP contribution in [0.3, 0.4) is 0 Å². The average Bonchev–Trinajstić information content (AvgIpc) is 2.36. The highest BCUT2D eigenvalue weighted by molar-refractivity contribution is 5.82. The number of carbonyl (C=O) groups is 1. The van der Waals surface area contributed by atoms with Gasteiger partial charge in [0.25, 0.3) is 0 Å². The average molecular weight is 226 g/mol. The molecule has 1 rings (SSSR count). The lowest BCUT2D eigenvalue weighted by Crippen LogP contribution is -2.49. The predicted molar refractivity (Wildman–Crippen MR) is 67.0 cm³/mol. The van der Waals surface area contributed by atoms with Gasteiger partial charge in [0.1, 0.15) is 0 Å². The van der Waals surface area contributed by atoms with Gasteiger partial charge in [-0.25, -0.2) is 0 Å². The van der Waals surface area contributed by atoms with Crippen molar-refractivity contribution in [3.05, 3.63) is 0 Å². The van der Waals surface area contributed by atoms with Gasteiger partial charge in [0.2, 0.25) is 5.91 Å². The van der Waals surface area contributed by atoms with E-state index in [0.29, 0.717) is 0 Å². The van der Waals surface area contributed by atoms with Crippen molar-refractivity contribution in [2.75, 3.05) is 13.1 Å². The molecule has 1 amide bonds. The van der Waals surface area contributed by atoms with Crippen molar-refractivity contribution in [2.24, 2.45) is 17.6 Å². The maximum absolute atomic E-state index is 12.1. The number of hydrogen-bond acceptors (Lipinski definition) is 2. The zero-order valence-corrected chi connectivity index (χ0v) is 10.9. The summed E-state index contributed by atoms with van der Waals surface area (Å²) in [6.07, 6.45) is 4.50. The van der Waals surface area contributed by atoms with Crippen LogP contribution in [0.15, 0.2) is 0 Å². The number of hydrogen-bond donors (Lipinski definition) is 1. The molecule has 0 aromatic heterocycles. The number of piperidine rings is 1. The van der Waals surface area contributed by atoms with Gasteiger partial charge in [-0.05, 0) is 24.7 Å². The normalized spacial score (nSPS) is 21.9. The van der Waals surface area contributed by atoms with Crippen LogP contribution in [0, 0.1) is 11.8 Å². The van der Waals surface area contributed by atoms with Crippen molar-refractivity contribution in [1.29, 1.82) is 0 Å². The summed E-state index contributed by atoms with van der Waals surface area (Å²) in [6, 6.07) is -0.303. The molecule has 1 fully saturated rings. The van der Waals surface area contributed by atoms with Gasteiger partial charge < -0.3 is 10.6 Å². The Bertz CT molecular complexity index is 222. The Labute approximate surface area is 99.4 Å². The lowest BCUT2D eigenvalue weighted by molar-refractivity contribution is -0.135. The van der Waals surface area contributed by atoms with Crippen molar-refractivity contribution in [3.8, 4) is 0 Å². The van der Waals surface area contributed by atoms with Crippen molar-refractivity contribution in [3.63, 3.8) is 0 Å². The smallest absolute Gasteiger partial charge is 0.239 e. The number of rotatable bonds is 4. The molecular weight excluding hydrogens is 200 g/mol. The van der Waals surface area contributed by atoms with Gasteiger partial charge in [-0.3, -0.25) is 4.79 Å². The van der Waals surface area contributed by atoms with Gasteiger partial charge in [0.15, 0.2) is 0 Å². The van der Waals surface area contributed by atoms with Gasteiger partial charge in [0, 0.05) is 13.1 Å². The summed E-state index contributed by atoms with van der Waals surface area (Å²) in [5.74, 6) is 1.25. The SMILES string of the molecule is CCC1CCN(C(=O)[C@@H](N)C(C)CC)CC1. The second kappa shape index (κ2) is 6.24. The van der Waals surface area contributed by atoms with Crippen LogP contribution >= 0.6 is 0 Å². The Balaban J connectivity index is 2.44. The van der Waals surface area contributed by atoms with Crippen LogP contribution in [-0.4, -0.2) is 29.9 Å². The summed E-state index contributed by atoms with van der Waals surface area (Å²) in [5.41, 5.74) is 5.98. The van der Waals surface area contributed by atoms with Gasteiger partial charge >= 0.3 is 0 Å². The minimum atomic E-state index is -0.303. The summed E-state index contributed by atoms with van der Waals surface area (Å²) in [5, 5.41) is 0. The molecule has 0 aromatic carbocycles. The molecule has 1 heterocycles. The minimum absolute atomic E-state index is 0.156. The summed E-state index contributed by atoms with van der Waals surface area (Å²) in [7, 11) is 0. The maximum Gasteiger partial charge on any atom is 0.239 e. The quantitative estimate of drug-likeness (QED) is 0.797. The summed E-state index contributed by atoms with van der Waals surface area (Å²) in [4.78, 5) is 14.1. The van der Waals surface area contributed by atoms with E-state index in [4.69, 9.17) is 5.73 Å². The molecule has 1 saturated heterocycles. The minimum Gasteiger partial charge on any atom is -0.341 e. The Morgan fingerprint density at radius 2 is 1.94 bits per heavy atom. The highest BCUT2D eigenvalue weighted by Crippen LogP contribution is 2.21. The molecule has 2 atom stereocenters. The largest absolute Gasteiger partial charge is 0.341 e. The van der Waals surface area contributed by atoms with Crippen LogP contribution in [0.1, 0.15) is 46.5 Å². The second-order valence-electron chi connectivity index (χ2n) is 5.09. The Morgan fingerprint density at radius 3 is 2.38 bits per heavy atom. The Hall–Kier alpha value is -0.570. The standard InChI is InChI=1S/C13H26N2O/c1-4-10(3)12(14)13(16)15-8-6-11(5-2)7-9-15/h10-12H,4-9,14H2,1-3H3/t10?,12-/m0/s1. The highest BCUT2D eigenvalue weighted by atomic mass is 16.2. The van der Waals surface area contributed by atoms with E-state index in [-0.39, 0.29) is 17.9 Å². The van der Waals surface area contributed by atoms with Crippen LogP contribution in [-0.2, 0) is 4.79 Å². The first kappa shape index (κ1) is 13.5. The molecule has 0 aromatic rings. The monoisotopic (exact) mass is 226 g/mol. The zero-order valence-electron chi connectivity index (χ0n) is 10.9. The van der Waals surface area contributed by atoms with Gasteiger partial charge in [-0.15, -0.1) is 0 Å². The van der Waals surface area contributed by atoms with E-state index in [1.165, 1.54) is 6.42 Å². The number of nitrogens with two attached hydrogens (primary N) is 1. The van der Waals surface area contributed by atoms with E-state index in [1.54, 1.807) is 0 Å². The molecule has 16 heavy (non-hydrogen) atoms. The van der Waals surface area contributed by atoms with Crippen molar-refractivity contribution in [1.82, 2.24) is 4.90 Å². The molecule has 3 nitrogen and oxygen atoms in total. The first-order valence-corrected chi connectivity index (χ1v) is 6.64. The van der Waals surface area contributed by atoms with Crippen molar-refractivity contribution >= 4 is 5.91 Å². The summed E-state index contributed by atoms with van der Waals surface area (Å²) >= 11 is 0. The molecule has 3 heteroatoms. The van der Waals surface area contributed by atoms with E-state index >= 15 is 0 Å². The molecule has 2 N–H and O–H groups in total. The third kappa shape index (κ3) is 3.21. The van der Waals surface area contributed by atoms with E-state index in [9.17, 15) is 4.79 Å². The molecule has 1 aliphatic heterocycles. The third-order valence-corrected chi connectivity index (χ3v) is 4.05. The van der Waals surface area contributed by atoms with Gasteiger partial charge in [-0.2, -0.15) is 0 Å². The molecule has 1 unspecified atom stereocenters. The number of amides is 1. The fraction of sp³-hybridized carbons (Fsp3) is 0.923. The molecule has 0 radical (unpaired) electrons. The van der Waals surface area contributed by atoms with Crippen LogP contribution in [0.4, 0.5) is 0 Å². The number of nitrogens with zero attached hydrogens (tertiary/aromatic N) is 1. The lowest BCUT2D eigenvalue weighted by atomic mass is 9.92. The first-order chi connectivity index (χ1) is 7.60. The summed E-state index contributed by atoms with van der Waals surface area (Å²) in [6.45, 7) is 8.18. The van der Waals surface area contributed by atoms with Crippen molar-refractivity contribution in [2.45, 2.75) is 52.5 Å². The molecule has 94 valence electrons. The number of carbonyl (C=O) groups excluding carboxylic acids is 1. The molecule has 0 spiro atoms. The van der Waals surface area contributed by atoms with Crippen LogP contribution in [0.5, 0.6) is 0 Å². The van der Waals surface area contributed by atoms with E-state index < -0.39 is 0 Å². The topological polar surface area (TPSA) is 46.3 Å². The first-order valence-electron chi connectivity index (χ1n) is 6.64. The van der Waals surface area contributed by atoms with E-state index in [1.807, 2.05) is 4.90 Å². The fourth-order valence-electron chi connectivity index (χ4n) is 2.27. The van der Waals surface area contributed by atoms with Gasteiger partial charge in [0.05, 0.1) is 6.04 Å². The third-order valence-electron chi connectivity index (χ3n) is 4.05. The molecule has 1 aliphatic rings. The fourth-order valence-corrected chi connectivity index (χ4v) is 2.27. The highest BCUT2D eigenvalue weighted by Gasteiger charge is 2.27. The molecular formula is C13H26N2O. The lowest BCUT2D eigenvalue weighted by Gasteiger charge is -2.34.